The Balaban J connectivity index is 1.88. The first-order valence-corrected chi connectivity index (χ1v) is 9.12. The van der Waals surface area contributed by atoms with E-state index in [9.17, 15) is 0 Å². The third-order valence-electron chi connectivity index (χ3n) is 5.37. The van der Waals surface area contributed by atoms with Crippen LogP contribution in [0.3, 0.4) is 0 Å². The van der Waals surface area contributed by atoms with Crippen molar-refractivity contribution in [2.24, 2.45) is 0 Å². The van der Waals surface area contributed by atoms with Gasteiger partial charge in [0.2, 0.25) is 0 Å². The van der Waals surface area contributed by atoms with Gasteiger partial charge in [-0.2, -0.15) is 0 Å². The van der Waals surface area contributed by atoms with E-state index in [1.165, 1.54) is 16.6 Å². The first-order chi connectivity index (χ1) is 12.5. The van der Waals surface area contributed by atoms with Gasteiger partial charge in [-0.05, 0) is 69.4 Å². The van der Waals surface area contributed by atoms with Gasteiger partial charge in [0.1, 0.15) is 17.3 Å². The molecule has 0 atom stereocenters. The highest BCUT2D eigenvalue weighted by molar-refractivity contribution is 5.75. The Morgan fingerprint density at radius 3 is 2.23 bits per heavy atom. The number of aromatic nitrogens is 2. The molecule has 0 spiro atoms. The molecular weight excluding hydrogens is 324 g/mol. The van der Waals surface area contributed by atoms with Crippen LogP contribution in [0.2, 0.25) is 0 Å². The molecule has 0 unspecified atom stereocenters. The number of methoxy groups -OCH3 is 2. The van der Waals surface area contributed by atoms with Gasteiger partial charge in [0.15, 0.2) is 0 Å². The number of aryl methyl sites for hydroxylation is 2. The van der Waals surface area contributed by atoms with Crippen molar-refractivity contribution in [3.8, 4) is 11.5 Å². The Morgan fingerprint density at radius 1 is 0.885 bits per heavy atom. The van der Waals surface area contributed by atoms with Crippen LogP contribution in [0.25, 0.3) is 11.0 Å². The molecule has 0 radical (unpaired) electrons. The maximum atomic E-state index is 5.74. The standard InChI is InChI=1S/C22H28N2O2/c1-14-15(2)22(26-6)18(16(3)21(14)25-5)10-9-13-24-17(4)23-19-11-7-8-12-20(19)24/h7-8,11-12H,9-10,13H2,1-6H3. The maximum Gasteiger partial charge on any atom is 0.125 e. The van der Waals surface area contributed by atoms with Gasteiger partial charge >= 0.3 is 0 Å². The Morgan fingerprint density at radius 2 is 1.54 bits per heavy atom. The fraction of sp³-hybridized carbons (Fsp3) is 0.409. The van der Waals surface area contributed by atoms with Gasteiger partial charge in [0.25, 0.3) is 0 Å². The fourth-order valence-corrected chi connectivity index (χ4v) is 3.93. The molecule has 2 aromatic carbocycles. The molecule has 138 valence electrons. The molecule has 0 aliphatic rings. The predicted molar refractivity (Wildman–Crippen MR) is 107 cm³/mol. The molecule has 0 aliphatic heterocycles. The first-order valence-electron chi connectivity index (χ1n) is 9.12. The van der Waals surface area contributed by atoms with Gasteiger partial charge in [-0.3, -0.25) is 0 Å². The summed E-state index contributed by atoms with van der Waals surface area (Å²) in [6, 6.07) is 8.32. The number of fused-ring (bicyclic) bond motifs is 1. The average Bonchev–Trinajstić information content (AvgIpc) is 2.95. The zero-order valence-corrected chi connectivity index (χ0v) is 16.6. The molecule has 0 saturated carbocycles. The second-order valence-electron chi connectivity index (χ2n) is 6.82. The quantitative estimate of drug-likeness (QED) is 0.632. The molecule has 1 aromatic heterocycles. The van der Waals surface area contributed by atoms with Crippen molar-refractivity contribution >= 4 is 11.0 Å². The second kappa shape index (κ2) is 7.40. The summed E-state index contributed by atoms with van der Waals surface area (Å²) in [5.41, 5.74) is 7.00. The zero-order valence-electron chi connectivity index (χ0n) is 16.6. The molecular formula is C22H28N2O2. The van der Waals surface area contributed by atoms with Crippen molar-refractivity contribution < 1.29 is 9.47 Å². The van der Waals surface area contributed by atoms with Gasteiger partial charge in [-0.25, -0.2) is 4.98 Å². The minimum atomic E-state index is 0.935. The van der Waals surface area contributed by atoms with Crippen molar-refractivity contribution in [3.63, 3.8) is 0 Å². The summed E-state index contributed by atoms with van der Waals surface area (Å²) in [7, 11) is 3.50. The summed E-state index contributed by atoms with van der Waals surface area (Å²) >= 11 is 0. The SMILES string of the molecule is COc1c(C)c(C)c(OC)c(CCCn2c(C)nc3ccccc32)c1C. The summed E-state index contributed by atoms with van der Waals surface area (Å²) in [6.45, 7) is 9.33. The minimum absolute atomic E-state index is 0.935. The lowest BCUT2D eigenvalue weighted by atomic mass is 9.94. The monoisotopic (exact) mass is 352 g/mol. The Hall–Kier alpha value is -2.49. The van der Waals surface area contributed by atoms with Crippen molar-refractivity contribution in [2.45, 2.75) is 47.1 Å². The number of rotatable bonds is 6. The van der Waals surface area contributed by atoms with Crippen molar-refractivity contribution in [1.82, 2.24) is 9.55 Å². The van der Waals surface area contributed by atoms with Crippen LogP contribution in [0, 0.1) is 27.7 Å². The largest absolute Gasteiger partial charge is 0.496 e. The molecule has 0 amide bonds. The molecule has 3 aromatic rings. The predicted octanol–water partition coefficient (Wildman–Crippen LogP) is 4.92. The number of para-hydroxylation sites is 2. The van der Waals surface area contributed by atoms with Gasteiger partial charge in [0, 0.05) is 12.1 Å². The highest BCUT2D eigenvalue weighted by Gasteiger charge is 2.18. The van der Waals surface area contributed by atoms with Crippen LogP contribution in [0.1, 0.15) is 34.5 Å². The lowest BCUT2D eigenvalue weighted by molar-refractivity contribution is 0.390. The number of hydrogen-bond acceptors (Lipinski definition) is 3. The first kappa shape index (κ1) is 18.3. The number of imidazole rings is 1. The van der Waals surface area contributed by atoms with E-state index in [-0.39, 0.29) is 0 Å². The van der Waals surface area contributed by atoms with E-state index in [1.54, 1.807) is 14.2 Å². The Kier molecular flexibility index (Phi) is 5.21. The fourth-order valence-electron chi connectivity index (χ4n) is 3.93. The van der Waals surface area contributed by atoms with E-state index in [4.69, 9.17) is 9.47 Å². The average molecular weight is 352 g/mol. The Labute approximate surface area is 155 Å². The summed E-state index contributed by atoms with van der Waals surface area (Å²) in [5, 5.41) is 0. The third-order valence-corrected chi connectivity index (χ3v) is 5.37. The van der Waals surface area contributed by atoms with Crippen molar-refractivity contribution in [2.75, 3.05) is 14.2 Å². The molecule has 0 bridgehead atoms. The van der Waals surface area contributed by atoms with E-state index in [0.29, 0.717) is 0 Å². The van der Waals surface area contributed by atoms with Crippen molar-refractivity contribution in [1.29, 1.82) is 0 Å². The number of nitrogens with zero attached hydrogens (tertiary/aromatic N) is 2. The molecule has 0 saturated heterocycles. The molecule has 3 rings (SSSR count). The van der Waals surface area contributed by atoms with E-state index >= 15 is 0 Å². The number of ether oxygens (including phenoxy) is 2. The van der Waals surface area contributed by atoms with Crippen LogP contribution in [0.4, 0.5) is 0 Å². The third kappa shape index (κ3) is 3.05. The van der Waals surface area contributed by atoms with E-state index < -0.39 is 0 Å². The van der Waals surface area contributed by atoms with Gasteiger partial charge in [0.05, 0.1) is 25.3 Å². The summed E-state index contributed by atoms with van der Waals surface area (Å²) < 4.78 is 13.7. The van der Waals surface area contributed by atoms with E-state index in [2.05, 4.69) is 55.4 Å². The molecule has 0 fully saturated rings. The lowest BCUT2D eigenvalue weighted by Crippen LogP contribution is -2.06. The molecule has 1 heterocycles. The van der Waals surface area contributed by atoms with Crippen LogP contribution in [-0.4, -0.2) is 23.8 Å². The van der Waals surface area contributed by atoms with Gasteiger partial charge in [-0.1, -0.05) is 12.1 Å². The van der Waals surface area contributed by atoms with Crippen LogP contribution < -0.4 is 9.47 Å². The smallest absolute Gasteiger partial charge is 0.125 e. The summed E-state index contributed by atoms with van der Waals surface area (Å²) in [6.07, 6.45) is 1.96. The van der Waals surface area contributed by atoms with Crippen LogP contribution >= 0.6 is 0 Å². The van der Waals surface area contributed by atoms with Crippen LogP contribution in [0.15, 0.2) is 24.3 Å². The van der Waals surface area contributed by atoms with E-state index in [0.717, 1.165) is 53.4 Å². The molecule has 0 aliphatic carbocycles. The molecule has 26 heavy (non-hydrogen) atoms. The number of benzene rings is 2. The van der Waals surface area contributed by atoms with Gasteiger partial charge in [-0.15, -0.1) is 0 Å². The molecule has 0 N–H and O–H groups in total. The zero-order chi connectivity index (χ0) is 18.8. The maximum absolute atomic E-state index is 5.74. The minimum Gasteiger partial charge on any atom is -0.496 e. The molecule has 4 heteroatoms. The number of hydrogen-bond donors (Lipinski definition) is 0. The highest BCUT2D eigenvalue weighted by atomic mass is 16.5. The second-order valence-corrected chi connectivity index (χ2v) is 6.82. The Bertz CT molecular complexity index is 941. The normalized spacial score (nSPS) is 11.2. The topological polar surface area (TPSA) is 36.3 Å². The van der Waals surface area contributed by atoms with Crippen LogP contribution in [0.5, 0.6) is 11.5 Å². The van der Waals surface area contributed by atoms with Gasteiger partial charge < -0.3 is 14.0 Å². The van der Waals surface area contributed by atoms with Crippen molar-refractivity contribution in [3.05, 3.63) is 52.3 Å². The molecule has 4 nitrogen and oxygen atoms in total. The lowest BCUT2D eigenvalue weighted by Gasteiger charge is -2.20. The summed E-state index contributed by atoms with van der Waals surface area (Å²) in [5.74, 6) is 3.03. The van der Waals surface area contributed by atoms with E-state index in [1.807, 2.05) is 6.07 Å². The highest BCUT2D eigenvalue weighted by Crippen LogP contribution is 2.38. The van der Waals surface area contributed by atoms with Crippen LogP contribution in [-0.2, 0) is 13.0 Å². The summed E-state index contributed by atoms with van der Waals surface area (Å²) in [4.78, 5) is 4.66.